The van der Waals surface area contributed by atoms with Crippen LogP contribution in [0.25, 0.3) is 0 Å². The molecule has 0 amide bonds. The molecule has 2 aromatic carbocycles. The molecule has 19 heavy (non-hydrogen) atoms. The smallest absolute Gasteiger partial charge is 0.128 e. The molecule has 0 aliphatic carbocycles. The van der Waals surface area contributed by atoms with Gasteiger partial charge in [-0.25, -0.2) is 4.39 Å². The molecule has 0 nitrogen and oxygen atoms in total. The molecule has 0 aliphatic heterocycles. The van der Waals surface area contributed by atoms with Crippen molar-refractivity contribution in [3.63, 3.8) is 0 Å². The Bertz CT molecular complexity index is 598. The van der Waals surface area contributed by atoms with Crippen LogP contribution in [0, 0.1) is 5.82 Å². The van der Waals surface area contributed by atoms with Gasteiger partial charge in [0, 0.05) is 10.6 Å². The van der Waals surface area contributed by atoms with Gasteiger partial charge in [0.15, 0.2) is 0 Å². The van der Waals surface area contributed by atoms with Gasteiger partial charge >= 0.3 is 0 Å². The van der Waals surface area contributed by atoms with Crippen LogP contribution in [0.2, 0.25) is 15.1 Å². The Labute approximate surface area is 131 Å². The molecule has 0 aliphatic rings. The second-order valence-corrected chi connectivity index (χ2v) is 5.86. The SMILES string of the molecule is Fc1ccc(Cl)cc1C(Cl)Cc1ccc(Cl)c(Cl)c1. The molecule has 0 radical (unpaired) electrons. The van der Waals surface area contributed by atoms with Crippen LogP contribution < -0.4 is 0 Å². The van der Waals surface area contributed by atoms with Crippen molar-refractivity contribution in [2.24, 2.45) is 0 Å². The summed E-state index contributed by atoms with van der Waals surface area (Å²) in [5.41, 5.74) is 1.26. The third-order valence-corrected chi connectivity index (χ3v) is 4.06. The van der Waals surface area contributed by atoms with E-state index >= 15 is 0 Å². The van der Waals surface area contributed by atoms with E-state index in [1.54, 1.807) is 12.1 Å². The summed E-state index contributed by atoms with van der Waals surface area (Å²) in [4.78, 5) is 0. The fourth-order valence-corrected chi connectivity index (χ4v) is 2.58. The Balaban J connectivity index is 2.22. The minimum atomic E-state index is -0.518. The summed E-state index contributed by atoms with van der Waals surface area (Å²) in [6.45, 7) is 0. The highest BCUT2D eigenvalue weighted by Crippen LogP contribution is 2.31. The van der Waals surface area contributed by atoms with E-state index < -0.39 is 5.38 Å². The number of hydrogen-bond acceptors (Lipinski definition) is 0. The van der Waals surface area contributed by atoms with Gasteiger partial charge < -0.3 is 0 Å². The number of rotatable bonds is 3. The minimum Gasteiger partial charge on any atom is -0.207 e. The van der Waals surface area contributed by atoms with Gasteiger partial charge in [-0.2, -0.15) is 0 Å². The molecule has 2 aromatic rings. The van der Waals surface area contributed by atoms with Crippen molar-refractivity contribution in [1.82, 2.24) is 0 Å². The van der Waals surface area contributed by atoms with Gasteiger partial charge in [0.1, 0.15) is 5.82 Å². The Morgan fingerprint density at radius 2 is 1.68 bits per heavy atom. The number of alkyl halides is 1. The maximum absolute atomic E-state index is 13.7. The van der Waals surface area contributed by atoms with Crippen LogP contribution in [-0.4, -0.2) is 0 Å². The van der Waals surface area contributed by atoms with E-state index in [1.165, 1.54) is 18.2 Å². The summed E-state index contributed by atoms with van der Waals surface area (Å²) in [5.74, 6) is -0.371. The zero-order valence-corrected chi connectivity index (χ0v) is 12.7. The van der Waals surface area contributed by atoms with Gasteiger partial charge in [-0.3, -0.25) is 0 Å². The van der Waals surface area contributed by atoms with Gasteiger partial charge in [0.2, 0.25) is 0 Å². The van der Waals surface area contributed by atoms with Gasteiger partial charge in [-0.15, -0.1) is 11.6 Å². The van der Waals surface area contributed by atoms with Crippen LogP contribution in [0.1, 0.15) is 16.5 Å². The first-order valence-corrected chi connectivity index (χ1v) is 7.07. The second kappa shape index (κ2) is 6.32. The third kappa shape index (κ3) is 3.76. The molecule has 0 spiro atoms. The lowest BCUT2D eigenvalue weighted by molar-refractivity contribution is 0.606. The van der Waals surface area contributed by atoms with Gasteiger partial charge in [-0.05, 0) is 42.3 Å². The first-order chi connectivity index (χ1) is 8.97. The molecular weight excluding hydrogens is 329 g/mol. The largest absolute Gasteiger partial charge is 0.207 e. The standard InChI is InChI=1S/C14H9Cl4F/c15-9-2-4-14(19)10(7-9)12(17)5-8-1-3-11(16)13(18)6-8/h1-4,6-7,12H,5H2. The monoisotopic (exact) mass is 336 g/mol. The Kier molecular flexibility index (Phi) is 4.97. The zero-order valence-electron chi connectivity index (χ0n) is 9.64. The summed E-state index contributed by atoms with van der Waals surface area (Å²) >= 11 is 23.8. The van der Waals surface area contributed by atoms with Gasteiger partial charge in [0.05, 0.1) is 15.4 Å². The highest BCUT2D eigenvalue weighted by atomic mass is 35.5. The highest BCUT2D eigenvalue weighted by Gasteiger charge is 2.15. The van der Waals surface area contributed by atoms with Crippen molar-refractivity contribution < 1.29 is 4.39 Å². The predicted molar refractivity (Wildman–Crippen MR) is 80.2 cm³/mol. The lowest BCUT2D eigenvalue weighted by atomic mass is 10.0. The summed E-state index contributed by atoms with van der Waals surface area (Å²) in [5, 5.41) is 0.868. The maximum atomic E-state index is 13.7. The average Bonchev–Trinajstić information content (AvgIpc) is 2.36. The summed E-state index contributed by atoms with van der Waals surface area (Å²) in [6.07, 6.45) is 0.440. The van der Waals surface area contributed by atoms with E-state index in [0.717, 1.165) is 5.56 Å². The fourth-order valence-electron chi connectivity index (χ4n) is 1.74. The van der Waals surface area contributed by atoms with Crippen LogP contribution in [-0.2, 0) is 6.42 Å². The molecule has 1 atom stereocenters. The van der Waals surface area contributed by atoms with Gasteiger partial charge in [0.25, 0.3) is 0 Å². The zero-order chi connectivity index (χ0) is 14.0. The van der Waals surface area contributed by atoms with E-state index in [2.05, 4.69) is 0 Å². The summed E-state index contributed by atoms with van der Waals surface area (Å²) in [7, 11) is 0. The lowest BCUT2D eigenvalue weighted by Gasteiger charge is -2.12. The molecule has 0 bridgehead atoms. The molecule has 1 unspecified atom stereocenters. The predicted octanol–water partition coefficient (Wildman–Crippen LogP) is 6.31. The molecule has 2 rings (SSSR count). The van der Waals surface area contributed by atoms with E-state index in [9.17, 15) is 4.39 Å². The Hall–Kier alpha value is -0.470. The van der Waals surface area contributed by atoms with Crippen molar-refractivity contribution >= 4 is 46.4 Å². The molecule has 0 aromatic heterocycles. The van der Waals surface area contributed by atoms with Crippen molar-refractivity contribution in [1.29, 1.82) is 0 Å². The Morgan fingerprint density at radius 3 is 2.37 bits per heavy atom. The molecule has 0 fully saturated rings. The van der Waals surface area contributed by atoms with E-state index in [0.29, 0.717) is 27.1 Å². The van der Waals surface area contributed by atoms with Crippen molar-refractivity contribution in [3.05, 3.63) is 68.4 Å². The quantitative estimate of drug-likeness (QED) is 0.576. The molecule has 0 saturated heterocycles. The van der Waals surface area contributed by atoms with Crippen molar-refractivity contribution in [2.45, 2.75) is 11.8 Å². The van der Waals surface area contributed by atoms with Crippen LogP contribution >= 0.6 is 46.4 Å². The second-order valence-electron chi connectivity index (χ2n) is 4.09. The van der Waals surface area contributed by atoms with Crippen LogP contribution in [0.3, 0.4) is 0 Å². The summed E-state index contributed by atoms with van der Waals surface area (Å²) in [6, 6.07) is 9.56. The average molecular weight is 338 g/mol. The van der Waals surface area contributed by atoms with Crippen molar-refractivity contribution in [3.8, 4) is 0 Å². The number of hydrogen-bond donors (Lipinski definition) is 0. The van der Waals surface area contributed by atoms with Crippen LogP contribution in [0.15, 0.2) is 36.4 Å². The van der Waals surface area contributed by atoms with E-state index in [1.807, 2.05) is 6.07 Å². The van der Waals surface area contributed by atoms with Crippen LogP contribution in [0.5, 0.6) is 0 Å². The Morgan fingerprint density at radius 1 is 0.947 bits per heavy atom. The number of benzene rings is 2. The molecule has 0 saturated carbocycles. The summed E-state index contributed by atoms with van der Waals surface area (Å²) < 4.78 is 13.7. The fraction of sp³-hybridized carbons (Fsp3) is 0.143. The number of halogens is 5. The molecular formula is C14H9Cl4F. The third-order valence-electron chi connectivity index (χ3n) is 2.69. The maximum Gasteiger partial charge on any atom is 0.128 e. The first-order valence-electron chi connectivity index (χ1n) is 5.50. The molecule has 5 heteroatoms. The minimum absolute atomic E-state index is 0.371. The normalized spacial score (nSPS) is 12.5. The molecule has 100 valence electrons. The van der Waals surface area contributed by atoms with E-state index in [4.69, 9.17) is 46.4 Å². The molecule has 0 N–H and O–H groups in total. The topological polar surface area (TPSA) is 0 Å². The molecule has 0 heterocycles. The first kappa shape index (κ1) is 14.9. The van der Waals surface area contributed by atoms with Crippen LogP contribution in [0.4, 0.5) is 4.39 Å². The van der Waals surface area contributed by atoms with E-state index in [-0.39, 0.29) is 5.82 Å². The lowest BCUT2D eigenvalue weighted by Crippen LogP contribution is -1.99. The van der Waals surface area contributed by atoms with Gasteiger partial charge in [-0.1, -0.05) is 40.9 Å². The highest BCUT2D eigenvalue weighted by molar-refractivity contribution is 6.42. The van der Waals surface area contributed by atoms with Crippen molar-refractivity contribution in [2.75, 3.05) is 0 Å².